The SMILES string of the molecule is O=C1CCC(N=Cc2cc3ccccc3s2)S1. The summed E-state index contributed by atoms with van der Waals surface area (Å²) in [6.07, 6.45) is 3.45. The van der Waals surface area contributed by atoms with Crippen molar-refractivity contribution in [3.05, 3.63) is 35.2 Å². The Labute approximate surface area is 108 Å². The molecular weight excluding hydrogens is 250 g/mol. The van der Waals surface area contributed by atoms with Crippen LogP contribution < -0.4 is 0 Å². The number of aliphatic imine (C=N–C) groups is 1. The number of thiophene rings is 1. The third-order valence-corrected chi connectivity index (χ3v) is 4.82. The third kappa shape index (κ3) is 2.42. The number of nitrogens with zero attached hydrogens (tertiary/aromatic N) is 1. The molecule has 0 saturated carbocycles. The molecule has 2 nitrogen and oxygen atoms in total. The van der Waals surface area contributed by atoms with Gasteiger partial charge in [-0.3, -0.25) is 9.79 Å². The maximum absolute atomic E-state index is 11.1. The second kappa shape index (κ2) is 4.63. The monoisotopic (exact) mass is 261 g/mol. The summed E-state index contributed by atoms with van der Waals surface area (Å²) in [7, 11) is 0. The van der Waals surface area contributed by atoms with Crippen molar-refractivity contribution < 1.29 is 4.79 Å². The molecule has 17 heavy (non-hydrogen) atoms. The Bertz CT molecular complexity index is 555. The van der Waals surface area contributed by atoms with Gasteiger partial charge in [0.25, 0.3) is 0 Å². The Hall–Kier alpha value is -1.13. The number of carbonyl (C=O) groups excluding carboxylic acids is 1. The van der Waals surface area contributed by atoms with Gasteiger partial charge in [-0.2, -0.15) is 0 Å². The molecule has 1 aliphatic heterocycles. The van der Waals surface area contributed by atoms with Crippen LogP contribution in [0.2, 0.25) is 0 Å². The highest BCUT2D eigenvalue weighted by Crippen LogP contribution is 2.29. The Morgan fingerprint density at radius 3 is 3.00 bits per heavy atom. The van der Waals surface area contributed by atoms with E-state index in [0.29, 0.717) is 6.42 Å². The van der Waals surface area contributed by atoms with Crippen LogP contribution >= 0.6 is 23.1 Å². The fourth-order valence-corrected chi connectivity index (χ4v) is 3.68. The van der Waals surface area contributed by atoms with Crippen LogP contribution in [-0.4, -0.2) is 16.7 Å². The highest BCUT2D eigenvalue weighted by molar-refractivity contribution is 8.14. The van der Waals surface area contributed by atoms with Crippen LogP contribution in [-0.2, 0) is 4.79 Å². The van der Waals surface area contributed by atoms with Crippen LogP contribution in [0.25, 0.3) is 10.1 Å². The highest BCUT2D eigenvalue weighted by Gasteiger charge is 2.21. The van der Waals surface area contributed by atoms with E-state index < -0.39 is 0 Å². The molecule has 0 amide bonds. The number of benzene rings is 1. The van der Waals surface area contributed by atoms with Gasteiger partial charge < -0.3 is 0 Å². The van der Waals surface area contributed by atoms with Gasteiger partial charge >= 0.3 is 0 Å². The van der Waals surface area contributed by atoms with Crippen LogP contribution in [0.5, 0.6) is 0 Å². The second-order valence-electron chi connectivity index (χ2n) is 3.95. The molecule has 1 saturated heterocycles. The predicted octanol–water partition coefficient (Wildman–Crippen LogP) is 3.70. The fraction of sp³-hybridized carbons (Fsp3) is 0.231. The topological polar surface area (TPSA) is 29.4 Å². The number of fused-ring (bicyclic) bond motifs is 1. The van der Waals surface area contributed by atoms with Gasteiger partial charge in [-0.25, -0.2) is 0 Å². The number of hydrogen-bond acceptors (Lipinski definition) is 4. The molecule has 1 aliphatic rings. The van der Waals surface area contributed by atoms with Crippen LogP contribution in [0.3, 0.4) is 0 Å². The Morgan fingerprint density at radius 2 is 2.24 bits per heavy atom. The van der Waals surface area contributed by atoms with Crippen molar-refractivity contribution in [1.82, 2.24) is 0 Å². The van der Waals surface area contributed by atoms with Crippen molar-refractivity contribution in [3.8, 4) is 0 Å². The van der Waals surface area contributed by atoms with Crippen molar-refractivity contribution in [3.63, 3.8) is 0 Å². The molecule has 0 N–H and O–H groups in total. The van der Waals surface area contributed by atoms with Gasteiger partial charge in [0.05, 0.1) is 0 Å². The van der Waals surface area contributed by atoms with E-state index >= 15 is 0 Å². The zero-order chi connectivity index (χ0) is 11.7. The van der Waals surface area contributed by atoms with Gasteiger partial charge in [0, 0.05) is 22.2 Å². The van der Waals surface area contributed by atoms with Crippen molar-refractivity contribution in [2.75, 3.05) is 0 Å². The lowest BCUT2D eigenvalue weighted by atomic mass is 10.2. The fourth-order valence-electron chi connectivity index (χ4n) is 1.84. The van der Waals surface area contributed by atoms with Gasteiger partial charge in [-0.1, -0.05) is 30.0 Å². The molecule has 4 heteroatoms. The van der Waals surface area contributed by atoms with Crippen LogP contribution in [0, 0.1) is 0 Å². The number of hydrogen-bond donors (Lipinski definition) is 0. The lowest BCUT2D eigenvalue weighted by molar-refractivity contribution is -0.110. The largest absolute Gasteiger partial charge is 0.287 e. The summed E-state index contributed by atoms with van der Waals surface area (Å²) in [5, 5.41) is 1.66. The second-order valence-corrected chi connectivity index (χ2v) is 6.30. The first-order valence-corrected chi connectivity index (χ1v) is 7.22. The molecule has 1 aromatic carbocycles. The minimum atomic E-state index is 0.132. The van der Waals surface area contributed by atoms with Gasteiger partial charge in [-0.15, -0.1) is 11.3 Å². The Balaban J connectivity index is 1.80. The average Bonchev–Trinajstić information content (AvgIpc) is 2.91. The summed E-state index contributed by atoms with van der Waals surface area (Å²) in [6.45, 7) is 0. The number of rotatable bonds is 2. The van der Waals surface area contributed by atoms with Crippen molar-refractivity contribution in [2.45, 2.75) is 18.2 Å². The third-order valence-electron chi connectivity index (χ3n) is 2.68. The van der Waals surface area contributed by atoms with Gasteiger partial charge in [0.15, 0.2) is 5.12 Å². The molecule has 1 atom stereocenters. The number of thioether (sulfide) groups is 1. The Kier molecular flexibility index (Phi) is 2.99. The summed E-state index contributed by atoms with van der Waals surface area (Å²) < 4.78 is 1.28. The maximum Gasteiger partial charge on any atom is 0.191 e. The molecule has 0 spiro atoms. The van der Waals surface area contributed by atoms with Gasteiger partial charge in [0.2, 0.25) is 0 Å². The molecule has 86 valence electrons. The first kappa shape index (κ1) is 11.0. The van der Waals surface area contributed by atoms with E-state index in [-0.39, 0.29) is 10.5 Å². The maximum atomic E-state index is 11.1. The van der Waals surface area contributed by atoms with Crippen molar-refractivity contribution >= 4 is 44.5 Å². The summed E-state index contributed by atoms with van der Waals surface area (Å²) >= 11 is 3.10. The summed E-state index contributed by atoms with van der Waals surface area (Å²) in [6, 6.07) is 10.5. The van der Waals surface area contributed by atoms with E-state index in [0.717, 1.165) is 11.3 Å². The van der Waals surface area contributed by atoms with E-state index in [1.54, 1.807) is 11.3 Å². The van der Waals surface area contributed by atoms with Gasteiger partial charge in [-0.05, 0) is 23.9 Å². The average molecular weight is 261 g/mol. The van der Waals surface area contributed by atoms with Crippen LogP contribution in [0.15, 0.2) is 35.3 Å². The molecule has 0 bridgehead atoms. The van der Waals surface area contributed by atoms with E-state index in [1.165, 1.54) is 21.8 Å². The first-order chi connectivity index (χ1) is 8.31. The van der Waals surface area contributed by atoms with Crippen molar-refractivity contribution in [2.24, 2.45) is 4.99 Å². The smallest absolute Gasteiger partial charge is 0.191 e. The predicted molar refractivity (Wildman–Crippen MR) is 75.0 cm³/mol. The molecule has 0 aliphatic carbocycles. The quantitative estimate of drug-likeness (QED) is 0.771. The van der Waals surface area contributed by atoms with E-state index in [2.05, 4.69) is 23.2 Å². The number of carbonyl (C=O) groups is 1. The molecular formula is C13H11NOS2. The molecule has 1 aromatic heterocycles. The zero-order valence-electron chi connectivity index (χ0n) is 9.13. The molecule has 1 fully saturated rings. The molecule has 2 aromatic rings. The molecule has 1 unspecified atom stereocenters. The normalized spacial score (nSPS) is 20.7. The zero-order valence-corrected chi connectivity index (χ0v) is 10.8. The van der Waals surface area contributed by atoms with Gasteiger partial charge in [0.1, 0.15) is 5.37 Å². The summed E-state index contributed by atoms with van der Waals surface area (Å²) in [4.78, 5) is 16.7. The van der Waals surface area contributed by atoms with E-state index in [1.807, 2.05) is 18.3 Å². The van der Waals surface area contributed by atoms with Crippen molar-refractivity contribution in [1.29, 1.82) is 0 Å². The minimum absolute atomic E-state index is 0.132. The molecule has 0 radical (unpaired) electrons. The van der Waals surface area contributed by atoms with Crippen LogP contribution in [0.1, 0.15) is 17.7 Å². The lowest BCUT2D eigenvalue weighted by Crippen LogP contribution is -1.91. The standard InChI is InChI=1S/C13H11NOS2/c15-13-6-5-12(17-13)14-8-10-7-9-3-1-2-4-11(9)16-10/h1-4,7-8,12H,5-6H2. The summed E-state index contributed by atoms with van der Waals surface area (Å²) in [5.74, 6) is 0. The first-order valence-electron chi connectivity index (χ1n) is 5.52. The van der Waals surface area contributed by atoms with E-state index in [9.17, 15) is 4.79 Å². The molecule has 2 heterocycles. The minimum Gasteiger partial charge on any atom is -0.287 e. The van der Waals surface area contributed by atoms with E-state index in [4.69, 9.17) is 0 Å². The Morgan fingerprint density at radius 1 is 1.35 bits per heavy atom. The lowest BCUT2D eigenvalue weighted by Gasteiger charge is -1.96. The van der Waals surface area contributed by atoms with Crippen LogP contribution in [0.4, 0.5) is 0 Å². The summed E-state index contributed by atoms with van der Waals surface area (Å²) in [5.41, 5.74) is 0. The highest BCUT2D eigenvalue weighted by atomic mass is 32.2. The molecule has 3 rings (SSSR count).